The summed E-state index contributed by atoms with van der Waals surface area (Å²) < 4.78 is 0.851. The number of hydrogen-bond donors (Lipinski definition) is 3. The fraction of sp³-hybridized carbons (Fsp3) is 0.792. The SMILES string of the molecule is CC/C=C/CCCCC[N+](CCCCC(=O)O)(CCCCC(=O)O)CCCCC(=O)O. The van der Waals surface area contributed by atoms with Gasteiger partial charge in [-0.2, -0.15) is 0 Å². The van der Waals surface area contributed by atoms with Gasteiger partial charge < -0.3 is 19.8 Å². The van der Waals surface area contributed by atoms with Gasteiger partial charge in [0, 0.05) is 19.3 Å². The third kappa shape index (κ3) is 18.6. The van der Waals surface area contributed by atoms with Crippen LogP contribution in [-0.4, -0.2) is 63.9 Å². The summed E-state index contributed by atoms with van der Waals surface area (Å²) in [6.07, 6.45) is 14.8. The Hall–Kier alpha value is -1.89. The van der Waals surface area contributed by atoms with Crippen LogP contribution in [0.1, 0.15) is 96.8 Å². The Kier molecular flexibility index (Phi) is 17.7. The van der Waals surface area contributed by atoms with Gasteiger partial charge in [-0.1, -0.05) is 19.1 Å². The van der Waals surface area contributed by atoms with E-state index < -0.39 is 17.9 Å². The molecule has 0 radical (unpaired) electrons. The maximum absolute atomic E-state index is 10.9. The van der Waals surface area contributed by atoms with Crippen molar-refractivity contribution in [1.29, 1.82) is 0 Å². The smallest absolute Gasteiger partial charge is 0.303 e. The molecule has 0 aromatic carbocycles. The first-order valence-electron chi connectivity index (χ1n) is 12.0. The van der Waals surface area contributed by atoms with E-state index in [-0.39, 0.29) is 19.3 Å². The molecule has 0 atom stereocenters. The van der Waals surface area contributed by atoms with Crippen molar-refractivity contribution in [2.45, 2.75) is 96.8 Å². The number of aliphatic carboxylic acids is 3. The highest BCUT2D eigenvalue weighted by Crippen LogP contribution is 2.19. The van der Waals surface area contributed by atoms with Crippen LogP contribution in [0.2, 0.25) is 0 Å². The molecule has 0 heterocycles. The number of nitrogens with zero attached hydrogens (tertiary/aromatic N) is 1. The molecule has 3 N–H and O–H groups in total. The van der Waals surface area contributed by atoms with Crippen molar-refractivity contribution in [2.24, 2.45) is 0 Å². The average Bonchev–Trinajstić information content (AvgIpc) is 2.70. The highest BCUT2D eigenvalue weighted by Gasteiger charge is 2.26. The lowest BCUT2D eigenvalue weighted by Crippen LogP contribution is -2.51. The van der Waals surface area contributed by atoms with E-state index in [0.29, 0.717) is 19.3 Å². The fourth-order valence-corrected chi connectivity index (χ4v) is 4.01. The lowest BCUT2D eigenvalue weighted by Gasteiger charge is -2.39. The molecular weight excluding hydrogens is 398 g/mol. The molecule has 0 aliphatic carbocycles. The molecule has 0 spiro atoms. The van der Waals surface area contributed by atoms with Crippen molar-refractivity contribution in [3.63, 3.8) is 0 Å². The van der Waals surface area contributed by atoms with Crippen molar-refractivity contribution in [2.75, 3.05) is 26.2 Å². The number of carboxylic acids is 3. The molecule has 0 amide bonds. The minimum Gasteiger partial charge on any atom is -0.481 e. The van der Waals surface area contributed by atoms with Crippen molar-refractivity contribution in [1.82, 2.24) is 0 Å². The van der Waals surface area contributed by atoms with Crippen LogP contribution in [0, 0.1) is 0 Å². The van der Waals surface area contributed by atoms with Gasteiger partial charge in [-0.25, -0.2) is 0 Å². The Balaban J connectivity index is 4.90. The Bertz CT molecular complexity index is 477. The predicted molar refractivity (Wildman–Crippen MR) is 122 cm³/mol. The standard InChI is InChI=1S/C24H43NO6/c1-2-3-4-5-6-7-11-18-25(19-12-8-15-22(26)27,20-13-9-16-23(28)29)21-14-10-17-24(30)31/h3-4H,2,5-21H2,1H3,(H2-,26,27,28,29,30,31)/p+1/b4-3+. The first kappa shape index (κ1) is 29.1. The number of carbonyl (C=O) groups is 3. The minimum atomic E-state index is -0.777. The zero-order valence-electron chi connectivity index (χ0n) is 19.4. The largest absolute Gasteiger partial charge is 0.481 e. The first-order valence-corrected chi connectivity index (χ1v) is 12.0. The molecule has 0 aliphatic heterocycles. The molecule has 7 heteroatoms. The van der Waals surface area contributed by atoms with Crippen molar-refractivity contribution in [3.05, 3.63) is 12.2 Å². The molecule has 0 saturated heterocycles. The van der Waals surface area contributed by atoms with E-state index in [1.807, 2.05) is 0 Å². The van der Waals surface area contributed by atoms with E-state index in [1.165, 1.54) is 0 Å². The van der Waals surface area contributed by atoms with Crippen LogP contribution in [-0.2, 0) is 14.4 Å². The lowest BCUT2D eigenvalue weighted by molar-refractivity contribution is -0.929. The molecule has 0 rings (SSSR count). The van der Waals surface area contributed by atoms with Gasteiger partial charge in [0.2, 0.25) is 0 Å². The summed E-state index contributed by atoms with van der Waals surface area (Å²) >= 11 is 0. The Morgan fingerprint density at radius 3 is 1.32 bits per heavy atom. The van der Waals surface area contributed by atoms with Crippen molar-refractivity contribution < 1.29 is 34.2 Å². The summed E-state index contributed by atoms with van der Waals surface area (Å²) in [5, 5.41) is 26.8. The second-order valence-electron chi connectivity index (χ2n) is 8.52. The van der Waals surface area contributed by atoms with Gasteiger partial charge >= 0.3 is 17.9 Å². The van der Waals surface area contributed by atoms with Crippen LogP contribution in [0.5, 0.6) is 0 Å². The van der Waals surface area contributed by atoms with E-state index in [1.54, 1.807) is 0 Å². The summed E-state index contributed by atoms with van der Waals surface area (Å²) in [6, 6.07) is 0. The van der Waals surface area contributed by atoms with Gasteiger partial charge in [0.05, 0.1) is 26.2 Å². The van der Waals surface area contributed by atoms with Gasteiger partial charge in [-0.15, -0.1) is 0 Å². The Morgan fingerprint density at radius 2 is 0.968 bits per heavy atom. The summed E-state index contributed by atoms with van der Waals surface area (Å²) in [5.74, 6) is -2.33. The lowest BCUT2D eigenvalue weighted by atomic mass is 10.1. The van der Waals surface area contributed by atoms with Gasteiger partial charge in [-0.3, -0.25) is 14.4 Å². The van der Waals surface area contributed by atoms with Crippen LogP contribution < -0.4 is 0 Å². The second-order valence-corrected chi connectivity index (χ2v) is 8.52. The second kappa shape index (κ2) is 18.8. The zero-order chi connectivity index (χ0) is 23.4. The monoisotopic (exact) mass is 442 g/mol. The summed E-state index contributed by atoms with van der Waals surface area (Å²) in [4.78, 5) is 32.6. The number of quaternary nitrogens is 1. The number of hydrogen-bond acceptors (Lipinski definition) is 3. The van der Waals surface area contributed by atoms with E-state index in [0.717, 1.165) is 82.0 Å². The molecule has 0 fully saturated rings. The third-order valence-electron chi connectivity index (χ3n) is 5.72. The minimum absolute atomic E-state index is 0.168. The van der Waals surface area contributed by atoms with Gasteiger partial charge in [0.25, 0.3) is 0 Å². The maximum atomic E-state index is 10.9. The van der Waals surface area contributed by atoms with Crippen LogP contribution in [0.15, 0.2) is 12.2 Å². The molecule has 0 aliphatic rings. The third-order valence-corrected chi connectivity index (χ3v) is 5.72. The molecule has 0 unspecified atom stereocenters. The van der Waals surface area contributed by atoms with Crippen molar-refractivity contribution in [3.8, 4) is 0 Å². The molecule has 7 nitrogen and oxygen atoms in total. The van der Waals surface area contributed by atoms with Gasteiger partial charge in [-0.05, 0) is 70.6 Å². The van der Waals surface area contributed by atoms with E-state index >= 15 is 0 Å². The highest BCUT2D eigenvalue weighted by molar-refractivity contribution is 5.67. The fourth-order valence-electron chi connectivity index (χ4n) is 4.01. The normalized spacial score (nSPS) is 11.8. The van der Waals surface area contributed by atoms with E-state index in [2.05, 4.69) is 19.1 Å². The average molecular weight is 443 g/mol. The Labute approximate surface area is 187 Å². The summed E-state index contributed by atoms with van der Waals surface area (Å²) in [5.41, 5.74) is 0. The molecule has 0 bridgehead atoms. The summed E-state index contributed by atoms with van der Waals surface area (Å²) in [6.45, 7) is 5.75. The summed E-state index contributed by atoms with van der Waals surface area (Å²) in [7, 11) is 0. The van der Waals surface area contributed by atoms with Gasteiger partial charge in [0.15, 0.2) is 0 Å². The van der Waals surface area contributed by atoms with Crippen LogP contribution >= 0.6 is 0 Å². The Morgan fingerprint density at radius 1 is 0.581 bits per heavy atom. The molecule has 0 aromatic heterocycles. The van der Waals surface area contributed by atoms with Gasteiger partial charge in [0.1, 0.15) is 0 Å². The van der Waals surface area contributed by atoms with Crippen LogP contribution in [0.25, 0.3) is 0 Å². The quantitative estimate of drug-likeness (QED) is 0.122. The molecule has 31 heavy (non-hydrogen) atoms. The maximum Gasteiger partial charge on any atom is 0.303 e. The number of unbranched alkanes of at least 4 members (excludes halogenated alkanes) is 6. The molecule has 0 saturated carbocycles. The van der Waals surface area contributed by atoms with Crippen LogP contribution in [0.4, 0.5) is 0 Å². The predicted octanol–water partition coefficient (Wildman–Crippen LogP) is 5.09. The highest BCUT2D eigenvalue weighted by atomic mass is 16.4. The zero-order valence-corrected chi connectivity index (χ0v) is 19.4. The van der Waals surface area contributed by atoms with Crippen molar-refractivity contribution >= 4 is 17.9 Å². The topological polar surface area (TPSA) is 112 Å². The molecular formula is C24H44NO6+. The molecule has 180 valence electrons. The number of carboxylic acid groups (broad SMARTS) is 3. The molecule has 0 aromatic rings. The van der Waals surface area contributed by atoms with Crippen LogP contribution in [0.3, 0.4) is 0 Å². The van der Waals surface area contributed by atoms with E-state index in [9.17, 15) is 14.4 Å². The number of rotatable bonds is 22. The number of allylic oxidation sites excluding steroid dienone is 2. The van der Waals surface area contributed by atoms with E-state index in [4.69, 9.17) is 15.3 Å². The first-order chi connectivity index (χ1) is 14.8.